The van der Waals surface area contributed by atoms with Crippen LogP contribution in [-0.2, 0) is 4.79 Å². The number of imide groups is 1. The Hall–Kier alpha value is -1.91. The molecule has 0 N–H and O–H groups in total. The fraction of sp³-hybridized carbons (Fsp3) is 0.533. The SMILES string of the molecule is Cc1cc(C)c(N2C(=O)C3CC(C)CN3C2=O)nc1C. The molecule has 0 aromatic carbocycles. The van der Waals surface area contributed by atoms with Gasteiger partial charge in [-0.3, -0.25) is 4.79 Å². The zero-order valence-electron chi connectivity index (χ0n) is 12.3. The first-order valence-electron chi connectivity index (χ1n) is 6.99. The molecule has 0 radical (unpaired) electrons. The highest BCUT2D eigenvalue weighted by molar-refractivity contribution is 6.21. The average Bonchev–Trinajstić information content (AvgIpc) is 2.85. The number of carbonyl (C=O) groups is 2. The van der Waals surface area contributed by atoms with E-state index in [4.69, 9.17) is 0 Å². The predicted molar refractivity (Wildman–Crippen MR) is 75.6 cm³/mol. The van der Waals surface area contributed by atoms with Gasteiger partial charge in [0, 0.05) is 12.2 Å². The van der Waals surface area contributed by atoms with E-state index < -0.39 is 0 Å². The molecule has 1 aromatic heterocycles. The molecule has 3 heterocycles. The molecule has 2 aliphatic rings. The normalized spacial score (nSPS) is 25.6. The smallest absolute Gasteiger partial charge is 0.312 e. The first-order valence-corrected chi connectivity index (χ1v) is 6.99. The summed E-state index contributed by atoms with van der Waals surface area (Å²) < 4.78 is 0. The molecule has 2 aliphatic heterocycles. The highest BCUT2D eigenvalue weighted by atomic mass is 16.2. The van der Waals surface area contributed by atoms with Crippen molar-refractivity contribution >= 4 is 17.8 Å². The number of urea groups is 1. The summed E-state index contributed by atoms with van der Waals surface area (Å²) >= 11 is 0. The number of rotatable bonds is 1. The second kappa shape index (κ2) is 4.30. The van der Waals surface area contributed by atoms with Crippen LogP contribution in [0.2, 0.25) is 0 Å². The Kier molecular flexibility index (Phi) is 2.81. The molecule has 3 rings (SSSR count). The minimum Gasteiger partial charge on any atom is -0.312 e. The lowest BCUT2D eigenvalue weighted by Gasteiger charge is -2.18. The Morgan fingerprint density at radius 3 is 2.55 bits per heavy atom. The lowest BCUT2D eigenvalue weighted by Crippen LogP contribution is -2.35. The van der Waals surface area contributed by atoms with E-state index in [1.165, 1.54) is 4.90 Å². The van der Waals surface area contributed by atoms with Crippen molar-refractivity contribution in [2.45, 2.75) is 40.2 Å². The Balaban J connectivity index is 2.02. The van der Waals surface area contributed by atoms with Crippen LogP contribution in [-0.4, -0.2) is 34.4 Å². The zero-order chi connectivity index (χ0) is 14.6. The highest BCUT2D eigenvalue weighted by Gasteiger charge is 2.50. The van der Waals surface area contributed by atoms with Crippen molar-refractivity contribution in [1.29, 1.82) is 0 Å². The number of nitrogens with zero attached hydrogens (tertiary/aromatic N) is 3. The van der Waals surface area contributed by atoms with Crippen molar-refractivity contribution in [2.75, 3.05) is 11.4 Å². The van der Waals surface area contributed by atoms with Crippen molar-refractivity contribution in [3.8, 4) is 0 Å². The number of anilines is 1. The molecule has 0 saturated carbocycles. The first kappa shape index (κ1) is 13.1. The third-order valence-electron chi connectivity index (χ3n) is 4.29. The summed E-state index contributed by atoms with van der Waals surface area (Å²) in [6.07, 6.45) is 0.755. The summed E-state index contributed by atoms with van der Waals surface area (Å²) in [6.45, 7) is 8.50. The van der Waals surface area contributed by atoms with Crippen LogP contribution in [0.1, 0.15) is 30.2 Å². The monoisotopic (exact) mass is 273 g/mol. The van der Waals surface area contributed by atoms with Crippen molar-refractivity contribution < 1.29 is 9.59 Å². The van der Waals surface area contributed by atoms with Crippen LogP contribution >= 0.6 is 0 Å². The maximum absolute atomic E-state index is 12.5. The Labute approximate surface area is 118 Å². The molecule has 0 bridgehead atoms. The standard InChI is InChI=1S/C15H19N3O2/c1-8-5-12-14(19)18(15(20)17(12)7-8)13-10(3)6-9(2)11(4)16-13/h6,8,12H,5,7H2,1-4H3. The van der Waals surface area contributed by atoms with Crippen molar-refractivity contribution in [2.24, 2.45) is 5.92 Å². The highest BCUT2D eigenvalue weighted by Crippen LogP contribution is 2.34. The molecule has 0 spiro atoms. The lowest BCUT2D eigenvalue weighted by molar-refractivity contribution is -0.119. The fourth-order valence-corrected chi connectivity index (χ4v) is 3.11. The summed E-state index contributed by atoms with van der Waals surface area (Å²) in [4.78, 5) is 32.4. The van der Waals surface area contributed by atoms with Crippen LogP contribution in [0.15, 0.2) is 6.07 Å². The molecule has 3 amide bonds. The van der Waals surface area contributed by atoms with Crippen LogP contribution < -0.4 is 4.90 Å². The third kappa shape index (κ3) is 1.72. The topological polar surface area (TPSA) is 53.5 Å². The van der Waals surface area contributed by atoms with E-state index in [9.17, 15) is 9.59 Å². The number of pyridine rings is 1. The molecular weight excluding hydrogens is 254 g/mol. The van der Waals surface area contributed by atoms with Gasteiger partial charge >= 0.3 is 6.03 Å². The van der Waals surface area contributed by atoms with Crippen molar-refractivity contribution in [3.05, 3.63) is 22.9 Å². The number of hydrogen-bond acceptors (Lipinski definition) is 3. The molecular formula is C15H19N3O2. The van der Waals surface area contributed by atoms with Crippen LogP contribution in [0.4, 0.5) is 10.6 Å². The summed E-state index contributed by atoms with van der Waals surface area (Å²) in [7, 11) is 0. The maximum atomic E-state index is 12.5. The Bertz CT molecular complexity index is 587. The quantitative estimate of drug-likeness (QED) is 0.737. The van der Waals surface area contributed by atoms with E-state index >= 15 is 0 Å². The summed E-state index contributed by atoms with van der Waals surface area (Å²) in [6, 6.07) is 1.47. The van der Waals surface area contributed by atoms with Gasteiger partial charge in [-0.2, -0.15) is 0 Å². The van der Waals surface area contributed by atoms with Gasteiger partial charge in [-0.1, -0.05) is 13.0 Å². The van der Waals surface area contributed by atoms with E-state index in [2.05, 4.69) is 11.9 Å². The third-order valence-corrected chi connectivity index (χ3v) is 4.29. The van der Waals surface area contributed by atoms with Gasteiger partial charge in [0.1, 0.15) is 11.9 Å². The number of amides is 3. The summed E-state index contributed by atoms with van der Waals surface area (Å²) in [5.74, 6) is 0.757. The van der Waals surface area contributed by atoms with Crippen LogP contribution in [0.25, 0.3) is 0 Å². The van der Waals surface area contributed by atoms with E-state index in [1.54, 1.807) is 4.90 Å². The van der Waals surface area contributed by atoms with E-state index in [-0.39, 0.29) is 18.0 Å². The van der Waals surface area contributed by atoms with Gasteiger partial charge in [-0.05, 0) is 44.2 Å². The molecule has 5 heteroatoms. The molecule has 20 heavy (non-hydrogen) atoms. The molecule has 2 atom stereocenters. The van der Waals surface area contributed by atoms with Gasteiger partial charge in [0.2, 0.25) is 0 Å². The number of carbonyl (C=O) groups excluding carboxylic acids is 2. The van der Waals surface area contributed by atoms with E-state index in [1.807, 2.05) is 26.8 Å². The molecule has 2 fully saturated rings. The minimum absolute atomic E-state index is 0.127. The van der Waals surface area contributed by atoms with E-state index in [0.717, 1.165) is 23.2 Å². The molecule has 1 aromatic rings. The molecule has 5 nitrogen and oxygen atoms in total. The van der Waals surface area contributed by atoms with Crippen molar-refractivity contribution in [1.82, 2.24) is 9.88 Å². The first-order chi connectivity index (χ1) is 9.40. The van der Waals surface area contributed by atoms with Gasteiger partial charge in [-0.15, -0.1) is 0 Å². The number of fused-ring (bicyclic) bond motifs is 1. The molecule has 0 aliphatic carbocycles. The van der Waals surface area contributed by atoms with Gasteiger partial charge in [-0.25, -0.2) is 14.7 Å². The van der Waals surface area contributed by atoms with Gasteiger partial charge < -0.3 is 4.90 Å². The molecule has 106 valence electrons. The van der Waals surface area contributed by atoms with Crippen LogP contribution in [0.3, 0.4) is 0 Å². The summed E-state index contributed by atoms with van der Waals surface area (Å²) in [5.41, 5.74) is 2.79. The van der Waals surface area contributed by atoms with Gasteiger partial charge in [0.25, 0.3) is 5.91 Å². The van der Waals surface area contributed by atoms with Gasteiger partial charge in [0.15, 0.2) is 0 Å². The average molecular weight is 273 g/mol. The fourth-order valence-electron chi connectivity index (χ4n) is 3.11. The Morgan fingerprint density at radius 2 is 1.90 bits per heavy atom. The second-order valence-corrected chi connectivity index (χ2v) is 6.00. The maximum Gasteiger partial charge on any atom is 0.333 e. The summed E-state index contributed by atoms with van der Waals surface area (Å²) in [5, 5.41) is 0. The lowest BCUT2D eigenvalue weighted by atomic mass is 10.1. The number of aryl methyl sites for hydroxylation is 3. The predicted octanol–water partition coefficient (Wildman–Crippen LogP) is 2.18. The van der Waals surface area contributed by atoms with Crippen LogP contribution in [0.5, 0.6) is 0 Å². The van der Waals surface area contributed by atoms with Gasteiger partial charge in [0.05, 0.1) is 0 Å². The number of hydrogen-bond donors (Lipinski definition) is 0. The van der Waals surface area contributed by atoms with E-state index in [0.29, 0.717) is 18.3 Å². The zero-order valence-corrected chi connectivity index (χ0v) is 12.3. The second-order valence-electron chi connectivity index (χ2n) is 6.00. The molecule has 2 saturated heterocycles. The number of aromatic nitrogens is 1. The largest absolute Gasteiger partial charge is 0.333 e. The Morgan fingerprint density at radius 1 is 1.20 bits per heavy atom. The minimum atomic E-state index is -0.291. The van der Waals surface area contributed by atoms with Crippen LogP contribution in [0, 0.1) is 26.7 Å². The molecule has 2 unspecified atom stereocenters. The van der Waals surface area contributed by atoms with Crippen molar-refractivity contribution in [3.63, 3.8) is 0 Å².